The van der Waals surface area contributed by atoms with E-state index in [4.69, 9.17) is 32.7 Å². The fourth-order valence-electron chi connectivity index (χ4n) is 2.18. The van der Waals surface area contributed by atoms with Gasteiger partial charge in [-0.2, -0.15) is 5.10 Å². The van der Waals surface area contributed by atoms with Gasteiger partial charge in [0.2, 0.25) is 11.8 Å². The molecular formula is C19H19Cl2N3O4. The van der Waals surface area contributed by atoms with Gasteiger partial charge in [-0.15, -0.1) is 0 Å². The van der Waals surface area contributed by atoms with Gasteiger partial charge in [0.15, 0.2) is 11.5 Å². The highest BCUT2D eigenvalue weighted by atomic mass is 35.5. The highest BCUT2D eigenvalue weighted by molar-refractivity contribution is 6.42. The summed E-state index contributed by atoms with van der Waals surface area (Å²) in [5, 5.41) is 7.07. The highest BCUT2D eigenvalue weighted by Crippen LogP contribution is 2.27. The summed E-state index contributed by atoms with van der Waals surface area (Å²) in [5.41, 5.74) is 3.43. The molecule has 0 radical (unpaired) electrons. The molecule has 0 heterocycles. The predicted octanol–water partition coefficient (Wildman–Crippen LogP) is 3.88. The summed E-state index contributed by atoms with van der Waals surface area (Å²) in [6.45, 7) is 2.40. The first-order valence-corrected chi connectivity index (χ1v) is 9.06. The van der Waals surface area contributed by atoms with Crippen LogP contribution in [0.3, 0.4) is 0 Å². The Morgan fingerprint density at radius 2 is 1.86 bits per heavy atom. The fraction of sp³-hybridized carbons (Fsp3) is 0.211. The normalized spacial score (nSPS) is 10.6. The number of nitrogens with zero attached hydrogens (tertiary/aromatic N) is 1. The van der Waals surface area contributed by atoms with Gasteiger partial charge in [-0.1, -0.05) is 23.2 Å². The zero-order valence-electron chi connectivity index (χ0n) is 15.3. The number of benzene rings is 2. The molecule has 0 fully saturated rings. The largest absolute Gasteiger partial charge is 0.493 e. The monoisotopic (exact) mass is 423 g/mol. The molecule has 2 aromatic carbocycles. The van der Waals surface area contributed by atoms with Crippen LogP contribution >= 0.6 is 23.2 Å². The summed E-state index contributed by atoms with van der Waals surface area (Å²) < 4.78 is 10.7. The second-order valence-corrected chi connectivity index (χ2v) is 6.30. The number of carbonyl (C=O) groups is 2. The van der Waals surface area contributed by atoms with Gasteiger partial charge in [0.1, 0.15) is 6.42 Å². The van der Waals surface area contributed by atoms with E-state index in [9.17, 15) is 9.59 Å². The average molecular weight is 424 g/mol. The van der Waals surface area contributed by atoms with E-state index in [2.05, 4.69) is 15.8 Å². The molecule has 2 N–H and O–H groups in total. The van der Waals surface area contributed by atoms with E-state index in [-0.39, 0.29) is 0 Å². The van der Waals surface area contributed by atoms with Gasteiger partial charge < -0.3 is 14.8 Å². The van der Waals surface area contributed by atoms with E-state index in [1.165, 1.54) is 19.4 Å². The number of anilines is 1. The molecule has 0 aromatic heterocycles. The van der Waals surface area contributed by atoms with E-state index in [0.29, 0.717) is 39.4 Å². The van der Waals surface area contributed by atoms with Crippen LogP contribution in [0.1, 0.15) is 18.9 Å². The van der Waals surface area contributed by atoms with Crippen molar-refractivity contribution in [3.8, 4) is 11.5 Å². The van der Waals surface area contributed by atoms with Crippen LogP contribution in [-0.2, 0) is 9.59 Å². The Morgan fingerprint density at radius 1 is 1.07 bits per heavy atom. The fourth-order valence-corrected chi connectivity index (χ4v) is 2.48. The van der Waals surface area contributed by atoms with Crippen LogP contribution in [0, 0.1) is 0 Å². The van der Waals surface area contributed by atoms with Gasteiger partial charge in [-0.3, -0.25) is 9.59 Å². The van der Waals surface area contributed by atoms with Crippen molar-refractivity contribution in [2.45, 2.75) is 13.3 Å². The van der Waals surface area contributed by atoms with E-state index in [1.807, 2.05) is 6.92 Å². The average Bonchev–Trinajstić information content (AvgIpc) is 2.66. The van der Waals surface area contributed by atoms with Crippen molar-refractivity contribution in [1.29, 1.82) is 0 Å². The van der Waals surface area contributed by atoms with Crippen molar-refractivity contribution in [1.82, 2.24) is 5.43 Å². The SMILES string of the molecule is CCOc1ccc(C=NNC(=O)CC(=O)Nc2ccc(Cl)c(Cl)c2)cc1OC. The minimum absolute atomic E-state index is 0.305. The van der Waals surface area contributed by atoms with Crippen LogP contribution < -0.4 is 20.2 Å². The molecule has 2 rings (SSSR count). The number of amides is 2. The highest BCUT2D eigenvalue weighted by Gasteiger charge is 2.10. The first kappa shape index (κ1) is 21.5. The van der Waals surface area contributed by atoms with E-state index in [1.54, 1.807) is 30.3 Å². The second-order valence-electron chi connectivity index (χ2n) is 5.49. The number of methoxy groups -OCH3 is 1. The molecule has 0 atom stereocenters. The molecule has 28 heavy (non-hydrogen) atoms. The van der Waals surface area contributed by atoms with Gasteiger partial charge in [0.25, 0.3) is 0 Å². The van der Waals surface area contributed by atoms with Crippen LogP contribution in [0.25, 0.3) is 0 Å². The maximum absolute atomic E-state index is 11.9. The lowest BCUT2D eigenvalue weighted by Gasteiger charge is -2.09. The van der Waals surface area contributed by atoms with E-state index in [0.717, 1.165) is 0 Å². The van der Waals surface area contributed by atoms with Crippen molar-refractivity contribution in [2.75, 3.05) is 19.0 Å². The number of rotatable bonds is 8. The lowest BCUT2D eigenvalue weighted by Crippen LogP contribution is -2.24. The number of nitrogens with one attached hydrogen (secondary N) is 2. The molecule has 7 nitrogen and oxygen atoms in total. The summed E-state index contributed by atoms with van der Waals surface area (Å²) in [6.07, 6.45) is 1.04. The predicted molar refractivity (Wildman–Crippen MR) is 110 cm³/mol. The van der Waals surface area contributed by atoms with Gasteiger partial charge in [0.05, 0.1) is 30.0 Å². The minimum atomic E-state index is -0.563. The Hall–Kier alpha value is -2.77. The second kappa shape index (κ2) is 10.5. The van der Waals surface area contributed by atoms with Crippen LogP contribution in [0.4, 0.5) is 5.69 Å². The number of carbonyl (C=O) groups excluding carboxylic acids is 2. The molecule has 0 aliphatic carbocycles. The lowest BCUT2D eigenvalue weighted by molar-refractivity contribution is -0.126. The Labute approximate surface area is 172 Å². The van der Waals surface area contributed by atoms with Crippen LogP contribution in [-0.4, -0.2) is 31.7 Å². The van der Waals surface area contributed by atoms with E-state index >= 15 is 0 Å². The van der Waals surface area contributed by atoms with Crippen molar-refractivity contribution >= 4 is 46.9 Å². The molecule has 2 aromatic rings. The smallest absolute Gasteiger partial charge is 0.249 e. The van der Waals surface area contributed by atoms with Gasteiger partial charge in [-0.05, 0) is 48.9 Å². The maximum atomic E-state index is 11.9. The Balaban J connectivity index is 1.87. The van der Waals surface area contributed by atoms with Crippen LogP contribution in [0.15, 0.2) is 41.5 Å². The quantitative estimate of drug-likeness (QED) is 0.383. The summed E-state index contributed by atoms with van der Waals surface area (Å²) in [6, 6.07) is 9.86. The number of hydrazone groups is 1. The van der Waals surface area contributed by atoms with Crippen molar-refractivity contribution in [2.24, 2.45) is 5.10 Å². The Morgan fingerprint density at radius 3 is 2.54 bits per heavy atom. The molecule has 0 bridgehead atoms. The third-order valence-corrected chi connectivity index (χ3v) is 4.15. The van der Waals surface area contributed by atoms with Crippen LogP contribution in [0.5, 0.6) is 11.5 Å². The molecule has 0 aliphatic heterocycles. The maximum Gasteiger partial charge on any atom is 0.249 e. The molecule has 0 unspecified atom stereocenters. The molecule has 2 amide bonds. The molecule has 9 heteroatoms. The zero-order valence-corrected chi connectivity index (χ0v) is 16.8. The lowest BCUT2D eigenvalue weighted by atomic mass is 10.2. The third kappa shape index (κ3) is 6.44. The van der Waals surface area contributed by atoms with Crippen molar-refractivity contribution < 1.29 is 19.1 Å². The molecule has 0 saturated heterocycles. The first-order chi connectivity index (χ1) is 13.4. The number of hydrogen-bond donors (Lipinski definition) is 2. The summed E-state index contributed by atoms with van der Waals surface area (Å²) >= 11 is 11.7. The first-order valence-electron chi connectivity index (χ1n) is 8.30. The van der Waals surface area contributed by atoms with Gasteiger partial charge >= 0.3 is 0 Å². The van der Waals surface area contributed by atoms with Gasteiger partial charge in [0, 0.05) is 5.69 Å². The Bertz CT molecular complexity index is 887. The molecule has 148 valence electrons. The standard InChI is InChI=1S/C19H19Cl2N3O4/c1-3-28-16-7-4-12(8-17(16)27-2)11-22-24-19(26)10-18(25)23-13-5-6-14(20)15(21)9-13/h4-9,11H,3,10H2,1-2H3,(H,23,25)(H,24,26). The van der Waals surface area contributed by atoms with Gasteiger partial charge in [-0.25, -0.2) is 5.43 Å². The number of halogens is 2. The van der Waals surface area contributed by atoms with Crippen LogP contribution in [0.2, 0.25) is 10.0 Å². The van der Waals surface area contributed by atoms with Crippen molar-refractivity contribution in [3.05, 3.63) is 52.0 Å². The van der Waals surface area contributed by atoms with E-state index < -0.39 is 18.2 Å². The molecule has 0 spiro atoms. The topological polar surface area (TPSA) is 89.0 Å². The molecular weight excluding hydrogens is 405 g/mol. The summed E-state index contributed by atoms with van der Waals surface area (Å²) in [5.74, 6) is 0.101. The number of hydrogen-bond acceptors (Lipinski definition) is 5. The summed E-state index contributed by atoms with van der Waals surface area (Å²) in [7, 11) is 1.53. The van der Waals surface area contributed by atoms with Crippen molar-refractivity contribution in [3.63, 3.8) is 0 Å². The summed E-state index contributed by atoms with van der Waals surface area (Å²) in [4.78, 5) is 23.7. The number of ether oxygens (including phenoxy) is 2. The molecule has 0 saturated carbocycles. The molecule has 0 aliphatic rings. The minimum Gasteiger partial charge on any atom is -0.493 e. The third-order valence-electron chi connectivity index (χ3n) is 3.41. The zero-order chi connectivity index (χ0) is 20.5. The Kier molecular flexibility index (Phi) is 8.10.